The number of carbonyl (C=O) groups is 1. The molecule has 15 nitrogen and oxygen atoms in total. The van der Waals surface area contributed by atoms with Crippen LogP contribution in [0, 0.1) is 15.5 Å². The zero-order chi connectivity index (χ0) is 46.4. The third-order valence-corrected chi connectivity index (χ3v) is 15.1. The molecule has 9 rings (SSSR count). The molecule has 4 aliphatic rings. The van der Waals surface area contributed by atoms with Gasteiger partial charge in [0.1, 0.15) is 17.0 Å². The van der Waals surface area contributed by atoms with Gasteiger partial charge in [-0.1, -0.05) is 43.2 Å². The predicted octanol–water partition coefficient (Wildman–Crippen LogP) is 8.55. The van der Waals surface area contributed by atoms with E-state index in [2.05, 4.69) is 50.8 Å². The third kappa shape index (κ3) is 9.57. The lowest BCUT2D eigenvalue weighted by Crippen LogP contribution is -2.47. The van der Waals surface area contributed by atoms with Gasteiger partial charge in [-0.05, 0) is 90.4 Å². The first kappa shape index (κ1) is 45.4. The fourth-order valence-electron chi connectivity index (χ4n) is 9.58. The van der Waals surface area contributed by atoms with E-state index in [0.717, 1.165) is 85.9 Å². The molecule has 348 valence electrons. The number of piperazine rings is 1. The second-order valence-electron chi connectivity index (χ2n) is 18.7. The number of likely N-dealkylation sites (N-methyl/N-ethyl adjacent to an activating group) is 1. The van der Waals surface area contributed by atoms with Crippen LogP contribution >= 0.6 is 11.6 Å². The van der Waals surface area contributed by atoms with Crippen molar-refractivity contribution in [2.75, 3.05) is 92.6 Å². The van der Waals surface area contributed by atoms with Gasteiger partial charge < -0.3 is 29.7 Å². The summed E-state index contributed by atoms with van der Waals surface area (Å²) in [4.78, 5) is 42.3. The van der Waals surface area contributed by atoms with Crippen molar-refractivity contribution >= 4 is 78.4 Å². The van der Waals surface area contributed by atoms with E-state index in [4.69, 9.17) is 21.3 Å². The van der Waals surface area contributed by atoms with Gasteiger partial charge in [0.25, 0.3) is 21.6 Å². The number of allylic oxidation sites excluding steroid dienone is 1. The van der Waals surface area contributed by atoms with Crippen molar-refractivity contribution in [3.05, 3.63) is 111 Å². The fourth-order valence-corrected chi connectivity index (χ4v) is 10.7. The minimum absolute atomic E-state index is 0.0378. The third-order valence-electron chi connectivity index (χ3n) is 13.5. The van der Waals surface area contributed by atoms with Gasteiger partial charge >= 0.3 is 0 Å². The van der Waals surface area contributed by atoms with Crippen LogP contribution in [0.1, 0.15) is 61.9 Å². The first-order chi connectivity index (χ1) is 31.5. The van der Waals surface area contributed by atoms with Gasteiger partial charge in [0.2, 0.25) is 0 Å². The van der Waals surface area contributed by atoms with Crippen LogP contribution in [-0.2, 0) is 14.8 Å². The Morgan fingerprint density at radius 1 is 0.955 bits per heavy atom. The smallest absolute Gasteiger partial charge is 0.293 e. The number of benzene rings is 3. The second-order valence-corrected chi connectivity index (χ2v) is 20.8. The summed E-state index contributed by atoms with van der Waals surface area (Å²) in [7, 11) is -2.68. The van der Waals surface area contributed by atoms with Gasteiger partial charge in [0.15, 0.2) is 5.82 Å². The topological polar surface area (TPSA) is 169 Å². The molecule has 0 spiro atoms. The van der Waals surface area contributed by atoms with Gasteiger partial charge in [-0.2, -0.15) is 0 Å². The summed E-state index contributed by atoms with van der Waals surface area (Å²) in [6, 6.07) is 20.8. The Labute approximate surface area is 389 Å². The number of halogens is 2. The van der Waals surface area contributed by atoms with Crippen LogP contribution in [0.25, 0.3) is 16.6 Å². The quantitative estimate of drug-likeness (QED) is 0.0807. The number of ether oxygens (including phenoxy) is 1. The van der Waals surface area contributed by atoms with Crippen LogP contribution in [0.15, 0.2) is 89.5 Å². The summed E-state index contributed by atoms with van der Waals surface area (Å²) >= 11 is 6.27. The Kier molecular flexibility index (Phi) is 12.5. The molecule has 18 heteroatoms. The van der Waals surface area contributed by atoms with E-state index in [9.17, 15) is 23.3 Å². The number of nitrogens with one attached hydrogen (secondary N) is 3. The highest BCUT2D eigenvalue weighted by atomic mass is 35.5. The van der Waals surface area contributed by atoms with E-state index in [0.29, 0.717) is 30.2 Å². The molecule has 1 aliphatic carbocycles. The highest BCUT2D eigenvalue weighted by Crippen LogP contribution is 2.44. The van der Waals surface area contributed by atoms with Crippen molar-refractivity contribution in [1.82, 2.24) is 19.6 Å². The summed E-state index contributed by atoms with van der Waals surface area (Å²) in [6.07, 6.45) is 5.26. The number of hydrogen-bond donors (Lipinski definition) is 3. The summed E-state index contributed by atoms with van der Waals surface area (Å²) in [5.74, 6) is -0.203. The maximum absolute atomic E-state index is 15.3. The number of nitrogens with zero attached hydrogens (tertiary/aromatic N) is 6. The van der Waals surface area contributed by atoms with Crippen LogP contribution < -0.4 is 24.7 Å². The number of hydrogen-bond acceptors (Lipinski definition) is 12. The Morgan fingerprint density at radius 3 is 2.45 bits per heavy atom. The highest BCUT2D eigenvalue weighted by Gasteiger charge is 2.35. The maximum Gasteiger partial charge on any atom is 0.293 e. The van der Waals surface area contributed by atoms with E-state index in [1.165, 1.54) is 22.8 Å². The number of anilines is 5. The lowest BCUT2D eigenvalue weighted by atomic mass is 9.72. The average molecular weight is 941 g/mol. The van der Waals surface area contributed by atoms with E-state index < -0.39 is 37.1 Å². The highest BCUT2D eigenvalue weighted by molar-refractivity contribution is 7.90. The molecule has 3 aliphatic heterocycles. The summed E-state index contributed by atoms with van der Waals surface area (Å²) in [5.41, 5.74) is 5.05. The molecule has 0 bridgehead atoms. The van der Waals surface area contributed by atoms with Crippen LogP contribution in [0.3, 0.4) is 0 Å². The minimum Gasteiger partial charge on any atom is -0.381 e. The van der Waals surface area contributed by atoms with Gasteiger partial charge in [0.05, 0.1) is 26.8 Å². The average Bonchev–Trinajstić information content (AvgIpc) is 3.77. The number of amides is 1. The predicted molar refractivity (Wildman–Crippen MR) is 258 cm³/mol. The van der Waals surface area contributed by atoms with Crippen LogP contribution in [0.5, 0.6) is 0 Å². The van der Waals surface area contributed by atoms with Crippen molar-refractivity contribution in [3.8, 4) is 0 Å². The summed E-state index contributed by atoms with van der Waals surface area (Å²) in [5, 5.41) is 16.6. The molecule has 1 amide bonds. The molecule has 2 fully saturated rings. The van der Waals surface area contributed by atoms with E-state index in [-0.39, 0.29) is 49.3 Å². The lowest BCUT2D eigenvalue weighted by Gasteiger charge is -2.40. The maximum atomic E-state index is 15.3. The molecule has 0 atom stereocenters. The molecule has 2 aromatic heterocycles. The van der Waals surface area contributed by atoms with E-state index in [1.54, 1.807) is 6.07 Å². The van der Waals surface area contributed by atoms with Crippen LogP contribution in [0.4, 0.5) is 38.6 Å². The number of alkyl halides is 1. The second kappa shape index (κ2) is 18.1. The molecule has 0 unspecified atom stereocenters. The van der Waals surface area contributed by atoms with Crippen molar-refractivity contribution in [3.63, 3.8) is 0 Å². The Morgan fingerprint density at radius 2 is 1.71 bits per heavy atom. The number of aromatic nitrogens is 2. The normalized spacial score (nSPS) is 18.9. The number of pyridine rings is 1. The zero-order valence-corrected chi connectivity index (χ0v) is 39.0. The number of sulfonamides is 1. The summed E-state index contributed by atoms with van der Waals surface area (Å²) in [6.45, 7) is 9.99. The van der Waals surface area contributed by atoms with Crippen LogP contribution in [0.2, 0.25) is 5.02 Å². The Hall–Kier alpha value is -5.75. The minimum atomic E-state index is -4.64. The molecular formula is C48H55ClFN9O6S. The van der Waals surface area contributed by atoms with Crippen molar-refractivity contribution in [2.45, 2.75) is 56.5 Å². The first-order valence-electron chi connectivity index (χ1n) is 22.5. The van der Waals surface area contributed by atoms with Gasteiger partial charge in [-0.3, -0.25) is 19.8 Å². The van der Waals surface area contributed by atoms with Crippen molar-refractivity contribution in [1.29, 1.82) is 0 Å². The first-order valence-corrected chi connectivity index (χ1v) is 24.3. The molecule has 0 saturated carbocycles. The number of fused-ring (bicyclic) bond motifs is 2. The molecule has 0 radical (unpaired) electrons. The SMILES string of the molecule is CN1CCN(c2cc(N3CCN(CC4=C(c5ccc(Cl)cc5)CC(C)(C)CC4)CC3)ccc2C(=O)NS(=O)(=O)c2ccc(NCC3(F)CCOCC3)c([N+](=O)[O-])c2)c2cc3cc[nH]c3nc21. The monoisotopic (exact) mass is 939 g/mol. The van der Waals surface area contributed by atoms with E-state index in [1.807, 2.05) is 59.4 Å². The van der Waals surface area contributed by atoms with Crippen molar-refractivity contribution in [2.24, 2.45) is 5.41 Å². The number of nitro benzene ring substituents is 1. The standard InChI is InChI=1S/C48H55ClFN9O6S/c1-47(2)14-12-34(39(29-47)32-4-6-35(49)7-5-32)30-56-19-21-57(22-20-56)36-8-10-38(41(27-36)58-23-18-55(3)45-43(58)26-33-13-17-51-44(33)53-45)46(60)54-66(63,64)37-9-11-40(42(28-37)59(61)62)52-31-48(50)15-24-65-25-16-48/h4-11,13,17,26-28,52H,12,14-16,18-25,29-31H2,1-3H3,(H,51,53)(H,54,60). The molecule has 5 aromatic rings. The lowest BCUT2D eigenvalue weighted by molar-refractivity contribution is -0.384. The summed E-state index contributed by atoms with van der Waals surface area (Å²) < 4.78 is 50.6. The molecule has 3 aromatic carbocycles. The van der Waals surface area contributed by atoms with Gasteiger partial charge in [-0.25, -0.2) is 22.5 Å². The number of carbonyl (C=O) groups excluding carboxylic acids is 1. The number of aromatic amines is 1. The molecule has 3 N–H and O–H groups in total. The molecular weight excluding hydrogens is 885 g/mol. The number of nitro groups is 1. The van der Waals surface area contributed by atoms with E-state index >= 15 is 4.39 Å². The Bertz CT molecular complexity index is 2800. The Balaban J connectivity index is 0.987. The van der Waals surface area contributed by atoms with Crippen molar-refractivity contribution < 1.29 is 27.3 Å². The fraction of sp³-hybridized carbons (Fsp3) is 0.417. The zero-order valence-electron chi connectivity index (χ0n) is 37.4. The van der Waals surface area contributed by atoms with Gasteiger partial charge in [-0.15, -0.1) is 0 Å². The molecule has 66 heavy (non-hydrogen) atoms. The number of H-pyrrole nitrogens is 1. The number of rotatable bonds is 12. The largest absolute Gasteiger partial charge is 0.381 e. The molecule has 2 saturated heterocycles. The van der Waals surface area contributed by atoms with Gasteiger partial charge in [0, 0.05) is 114 Å². The molecule has 5 heterocycles. The van der Waals surface area contributed by atoms with Crippen LogP contribution in [-0.4, -0.2) is 112 Å².